The molecule has 0 heterocycles. The molecule has 174 valence electrons. The predicted molar refractivity (Wildman–Crippen MR) is 111 cm³/mol. The molecule has 0 aliphatic heterocycles. The zero-order chi connectivity index (χ0) is 24.5. The lowest BCUT2D eigenvalue weighted by molar-refractivity contribution is -0.242. The largest absolute Gasteiger partial charge is 0.426 e. The summed E-state index contributed by atoms with van der Waals surface area (Å²) in [6, 6.07) is 7.51. The van der Waals surface area contributed by atoms with Gasteiger partial charge in [0.1, 0.15) is 0 Å². The van der Waals surface area contributed by atoms with E-state index in [4.69, 9.17) is 11.6 Å². The number of sulfone groups is 1. The van der Waals surface area contributed by atoms with Crippen molar-refractivity contribution >= 4 is 48.7 Å². The SMILES string of the molecule is C=CS(=O)(=O)Nc1ccc(S(=O)(=O)c2ccc(NC(=O)C(C)(O)C(F)(F)F)c(Cl)c2)cc1. The fraction of sp³-hybridized carbons (Fsp3) is 0.167. The fourth-order valence-corrected chi connectivity index (χ4v) is 4.31. The van der Waals surface area contributed by atoms with Crippen LogP contribution in [0.25, 0.3) is 0 Å². The minimum absolute atomic E-state index is 0.0802. The standard InChI is InChI=1S/C18H16ClF3N2O6S2/c1-3-31(27,28)24-11-4-6-12(7-5-11)32(29,30)13-8-9-15(14(19)10-13)23-16(25)17(2,26)18(20,21)22/h3-10,24,26H,1H2,2H3,(H,23,25). The average molecular weight is 513 g/mol. The summed E-state index contributed by atoms with van der Waals surface area (Å²) in [5.74, 6) is -1.81. The van der Waals surface area contributed by atoms with Crippen LogP contribution in [0.5, 0.6) is 0 Å². The Morgan fingerprint density at radius 1 is 1.06 bits per heavy atom. The summed E-state index contributed by atoms with van der Waals surface area (Å²) in [6.45, 7) is 3.39. The van der Waals surface area contributed by atoms with E-state index in [2.05, 4.69) is 11.3 Å². The van der Waals surface area contributed by atoms with Crippen LogP contribution in [0.2, 0.25) is 5.02 Å². The Balaban J connectivity index is 2.30. The van der Waals surface area contributed by atoms with E-state index in [9.17, 15) is 39.9 Å². The third-order valence-corrected chi connectivity index (χ3v) is 7.18. The highest BCUT2D eigenvalue weighted by atomic mass is 35.5. The van der Waals surface area contributed by atoms with Crippen molar-refractivity contribution in [3.63, 3.8) is 0 Å². The minimum Gasteiger partial charge on any atom is -0.373 e. The van der Waals surface area contributed by atoms with Crippen LogP contribution in [0.3, 0.4) is 0 Å². The Hall–Kier alpha value is -2.61. The second-order valence-electron chi connectivity index (χ2n) is 6.51. The number of rotatable bonds is 7. The van der Waals surface area contributed by atoms with Crippen molar-refractivity contribution in [3.8, 4) is 0 Å². The van der Waals surface area contributed by atoms with Gasteiger partial charge >= 0.3 is 6.18 Å². The molecule has 0 aliphatic rings. The summed E-state index contributed by atoms with van der Waals surface area (Å²) < 4.78 is 88.9. The maximum absolute atomic E-state index is 12.8. The highest BCUT2D eigenvalue weighted by Crippen LogP contribution is 2.33. The Morgan fingerprint density at radius 2 is 1.59 bits per heavy atom. The number of amides is 1. The summed E-state index contributed by atoms with van der Waals surface area (Å²) in [5, 5.41) is 11.5. The van der Waals surface area contributed by atoms with Crippen molar-refractivity contribution in [2.75, 3.05) is 10.0 Å². The molecular weight excluding hydrogens is 497 g/mol. The van der Waals surface area contributed by atoms with Crippen molar-refractivity contribution in [1.29, 1.82) is 0 Å². The third kappa shape index (κ3) is 5.41. The molecule has 0 radical (unpaired) electrons. The highest BCUT2D eigenvalue weighted by molar-refractivity contribution is 7.95. The maximum atomic E-state index is 12.8. The molecule has 14 heteroatoms. The van der Waals surface area contributed by atoms with Crippen LogP contribution in [0.15, 0.2) is 64.2 Å². The highest BCUT2D eigenvalue weighted by Gasteiger charge is 2.55. The first kappa shape index (κ1) is 25.6. The second kappa shape index (κ2) is 8.73. The van der Waals surface area contributed by atoms with Gasteiger partial charge in [-0.2, -0.15) is 13.2 Å². The maximum Gasteiger partial charge on any atom is 0.426 e. The lowest BCUT2D eigenvalue weighted by Crippen LogP contribution is -2.52. The van der Waals surface area contributed by atoms with Crippen LogP contribution in [-0.2, 0) is 24.7 Å². The molecule has 0 aromatic heterocycles. The molecule has 0 saturated carbocycles. The first-order valence-corrected chi connectivity index (χ1v) is 11.8. The van der Waals surface area contributed by atoms with Crippen LogP contribution in [0.1, 0.15) is 6.92 Å². The van der Waals surface area contributed by atoms with E-state index in [1.54, 1.807) is 5.32 Å². The number of hydrogen-bond acceptors (Lipinski definition) is 6. The molecule has 0 aliphatic carbocycles. The first-order chi connectivity index (χ1) is 14.5. The normalized spacial score (nSPS) is 14.3. The molecule has 2 rings (SSSR count). The molecule has 8 nitrogen and oxygen atoms in total. The summed E-state index contributed by atoms with van der Waals surface area (Å²) in [4.78, 5) is 11.2. The Labute approximate surface area is 186 Å². The number of sulfonamides is 1. The van der Waals surface area contributed by atoms with Crippen LogP contribution >= 0.6 is 11.6 Å². The summed E-state index contributed by atoms with van der Waals surface area (Å²) in [6.07, 6.45) is -5.25. The van der Waals surface area contributed by atoms with E-state index < -0.39 is 42.6 Å². The van der Waals surface area contributed by atoms with Crippen LogP contribution < -0.4 is 10.0 Å². The van der Waals surface area contributed by atoms with E-state index in [1.165, 1.54) is 12.1 Å². The summed E-state index contributed by atoms with van der Waals surface area (Å²) in [5.41, 5.74) is -3.97. The number of carbonyl (C=O) groups is 1. The fourth-order valence-electron chi connectivity index (χ4n) is 2.18. The number of hydrogen-bond donors (Lipinski definition) is 3. The first-order valence-electron chi connectivity index (χ1n) is 8.42. The molecule has 1 unspecified atom stereocenters. The van der Waals surface area contributed by atoms with Gasteiger partial charge in [0.05, 0.1) is 20.5 Å². The van der Waals surface area contributed by atoms with Gasteiger partial charge in [0, 0.05) is 11.1 Å². The van der Waals surface area contributed by atoms with Gasteiger partial charge in [-0.05, 0) is 49.4 Å². The Morgan fingerprint density at radius 3 is 2.06 bits per heavy atom. The number of halogens is 4. The third-order valence-electron chi connectivity index (χ3n) is 4.14. The van der Waals surface area contributed by atoms with E-state index in [1.807, 2.05) is 0 Å². The van der Waals surface area contributed by atoms with Crippen molar-refractivity contribution < 1.29 is 39.9 Å². The van der Waals surface area contributed by atoms with Gasteiger partial charge in [-0.3, -0.25) is 9.52 Å². The van der Waals surface area contributed by atoms with Gasteiger partial charge < -0.3 is 10.4 Å². The lowest BCUT2D eigenvalue weighted by atomic mass is 10.1. The van der Waals surface area contributed by atoms with Gasteiger partial charge in [0.25, 0.3) is 15.9 Å². The molecule has 1 amide bonds. The van der Waals surface area contributed by atoms with E-state index in [-0.39, 0.29) is 28.1 Å². The number of alkyl halides is 3. The summed E-state index contributed by atoms with van der Waals surface area (Å²) >= 11 is 5.92. The van der Waals surface area contributed by atoms with E-state index >= 15 is 0 Å². The minimum atomic E-state index is -5.25. The lowest BCUT2D eigenvalue weighted by Gasteiger charge is -2.25. The number of nitrogens with one attached hydrogen (secondary N) is 2. The number of aliphatic hydroxyl groups is 1. The smallest absolute Gasteiger partial charge is 0.373 e. The number of carbonyl (C=O) groups excluding carboxylic acids is 1. The van der Waals surface area contributed by atoms with Crippen molar-refractivity contribution in [2.45, 2.75) is 28.5 Å². The Bertz CT molecular complexity index is 1260. The molecule has 2 aromatic rings. The topological polar surface area (TPSA) is 130 Å². The molecule has 0 fully saturated rings. The average Bonchev–Trinajstić information content (AvgIpc) is 2.68. The molecule has 0 saturated heterocycles. The van der Waals surface area contributed by atoms with Gasteiger partial charge in [-0.15, -0.1) is 0 Å². The van der Waals surface area contributed by atoms with Gasteiger partial charge in [0.15, 0.2) is 0 Å². The molecule has 0 spiro atoms. The zero-order valence-corrected chi connectivity index (χ0v) is 18.5. The van der Waals surface area contributed by atoms with Gasteiger partial charge in [-0.25, -0.2) is 16.8 Å². The molecule has 0 bridgehead atoms. The number of benzene rings is 2. The van der Waals surface area contributed by atoms with Gasteiger partial charge in [-0.1, -0.05) is 18.2 Å². The predicted octanol–water partition coefficient (Wildman–Crippen LogP) is 3.31. The molecular formula is C18H16ClF3N2O6S2. The van der Waals surface area contributed by atoms with E-state index in [0.717, 1.165) is 30.3 Å². The summed E-state index contributed by atoms with van der Waals surface area (Å²) in [7, 11) is -7.94. The molecule has 2 aromatic carbocycles. The second-order valence-corrected chi connectivity index (χ2v) is 10.5. The quantitative estimate of drug-likeness (QED) is 0.522. The van der Waals surface area contributed by atoms with Crippen LogP contribution in [-0.4, -0.2) is 39.6 Å². The van der Waals surface area contributed by atoms with Crippen LogP contribution in [0, 0.1) is 0 Å². The van der Waals surface area contributed by atoms with Crippen molar-refractivity contribution in [1.82, 2.24) is 0 Å². The van der Waals surface area contributed by atoms with Crippen molar-refractivity contribution in [3.05, 3.63) is 59.5 Å². The van der Waals surface area contributed by atoms with E-state index in [0.29, 0.717) is 5.41 Å². The zero-order valence-electron chi connectivity index (χ0n) is 16.1. The number of anilines is 2. The molecule has 1 atom stereocenters. The van der Waals surface area contributed by atoms with Crippen molar-refractivity contribution in [2.24, 2.45) is 0 Å². The van der Waals surface area contributed by atoms with Gasteiger partial charge in [0.2, 0.25) is 15.4 Å². The molecule has 3 N–H and O–H groups in total. The van der Waals surface area contributed by atoms with Crippen LogP contribution in [0.4, 0.5) is 24.5 Å². The Kier molecular flexibility index (Phi) is 7.00. The molecule has 32 heavy (non-hydrogen) atoms. The monoisotopic (exact) mass is 512 g/mol.